The minimum absolute atomic E-state index is 0.0520. The number of nitrogens with one attached hydrogen (secondary N) is 1. The zero-order valence-corrected chi connectivity index (χ0v) is 12.0. The summed E-state index contributed by atoms with van der Waals surface area (Å²) in [6, 6.07) is 5.29. The van der Waals surface area contributed by atoms with Gasteiger partial charge in [-0.3, -0.25) is 9.59 Å². The maximum absolute atomic E-state index is 12.0. The lowest BCUT2D eigenvalue weighted by atomic mass is 10.1. The lowest BCUT2D eigenvalue weighted by Gasteiger charge is -2.14. The summed E-state index contributed by atoms with van der Waals surface area (Å²) < 4.78 is 0.771. The fourth-order valence-corrected chi connectivity index (χ4v) is 1.98. The zero-order valence-electron chi connectivity index (χ0n) is 10.4. The molecule has 0 aliphatic carbocycles. The maximum atomic E-state index is 12.0. The van der Waals surface area contributed by atoms with Crippen molar-refractivity contribution >= 4 is 27.8 Å². The number of benzene rings is 1. The SMILES string of the molecule is Cc1cccc(C(=O)NC(C)CCC(=O)O)c1Br. The number of halogens is 1. The van der Waals surface area contributed by atoms with Gasteiger partial charge >= 0.3 is 5.97 Å². The first kappa shape index (κ1) is 14.7. The molecule has 2 N–H and O–H groups in total. The quantitative estimate of drug-likeness (QED) is 0.878. The van der Waals surface area contributed by atoms with E-state index in [4.69, 9.17) is 5.11 Å². The van der Waals surface area contributed by atoms with Crippen LogP contribution in [0.25, 0.3) is 0 Å². The summed E-state index contributed by atoms with van der Waals surface area (Å²) in [5, 5.41) is 11.4. The number of hydrogen-bond donors (Lipinski definition) is 2. The van der Waals surface area contributed by atoms with Crippen LogP contribution < -0.4 is 5.32 Å². The summed E-state index contributed by atoms with van der Waals surface area (Å²) >= 11 is 3.38. The molecule has 1 amide bonds. The van der Waals surface area contributed by atoms with Crippen LogP contribution in [-0.2, 0) is 4.79 Å². The number of amides is 1. The number of carbonyl (C=O) groups is 2. The van der Waals surface area contributed by atoms with E-state index in [2.05, 4.69) is 21.2 Å². The number of carboxylic acid groups (broad SMARTS) is 1. The Kier molecular flexibility index (Phi) is 5.34. The van der Waals surface area contributed by atoms with Crippen LogP contribution in [0.4, 0.5) is 0 Å². The van der Waals surface area contributed by atoms with Crippen molar-refractivity contribution in [2.75, 3.05) is 0 Å². The van der Waals surface area contributed by atoms with Crippen LogP contribution in [0.15, 0.2) is 22.7 Å². The lowest BCUT2D eigenvalue weighted by Crippen LogP contribution is -2.33. The van der Waals surface area contributed by atoms with Crippen LogP contribution in [-0.4, -0.2) is 23.0 Å². The second-order valence-corrected chi connectivity index (χ2v) is 5.04. The molecule has 0 aliphatic heterocycles. The van der Waals surface area contributed by atoms with Gasteiger partial charge in [-0.15, -0.1) is 0 Å². The standard InChI is InChI=1S/C13H16BrNO3/c1-8-4-3-5-10(12(8)14)13(18)15-9(2)6-7-11(16)17/h3-5,9H,6-7H2,1-2H3,(H,15,18)(H,16,17). The Morgan fingerprint density at radius 3 is 2.72 bits per heavy atom. The molecule has 18 heavy (non-hydrogen) atoms. The van der Waals surface area contributed by atoms with Crippen LogP contribution in [0.1, 0.15) is 35.7 Å². The summed E-state index contributed by atoms with van der Waals surface area (Å²) in [6.45, 7) is 3.71. The Balaban J connectivity index is 2.65. The Hall–Kier alpha value is -1.36. The predicted molar refractivity (Wildman–Crippen MR) is 72.7 cm³/mol. The van der Waals surface area contributed by atoms with Crippen LogP contribution in [0.5, 0.6) is 0 Å². The number of carbonyl (C=O) groups excluding carboxylic acids is 1. The number of aliphatic carboxylic acids is 1. The fourth-order valence-electron chi connectivity index (χ4n) is 1.54. The largest absolute Gasteiger partial charge is 0.481 e. The van der Waals surface area contributed by atoms with Gasteiger partial charge in [0.25, 0.3) is 5.91 Å². The van der Waals surface area contributed by atoms with E-state index in [1.165, 1.54) is 0 Å². The van der Waals surface area contributed by atoms with Gasteiger partial charge in [0.05, 0.1) is 5.56 Å². The van der Waals surface area contributed by atoms with Crippen LogP contribution in [0.2, 0.25) is 0 Å². The zero-order chi connectivity index (χ0) is 13.7. The van der Waals surface area contributed by atoms with Gasteiger partial charge in [-0.1, -0.05) is 12.1 Å². The average molecular weight is 314 g/mol. The Morgan fingerprint density at radius 1 is 1.44 bits per heavy atom. The summed E-state index contributed by atoms with van der Waals surface area (Å²) in [5.41, 5.74) is 1.55. The molecule has 1 aromatic rings. The normalized spacial score (nSPS) is 11.9. The molecular weight excluding hydrogens is 298 g/mol. The molecule has 1 aromatic carbocycles. The smallest absolute Gasteiger partial charge is 0.303 e. The molecule has 0 saturated carbocycles. The van der Waals surface area contributed by atoms with Crippen molar-refractivity contribution in [1.82, 2.24) is 5.32 Å². The molecule has 4 nitrogen and oxygen atoms in total. The highest BCUT2D eigenvalue weighted by molar-refractivity contribution is 9.10. The predicted octanol–water partition coefficient (Wildman–Crippen LogP) is 2.74. The summed E-state index contributed by atoms with van der Waals surface area (Å²) in [7, 11) is 0. The maximum Gasteiger partial charge on any atom is 0.303 e. The number of aryl methyl sites for hydroxylation is 1. The first-order valence-electron chi connectivity index (χ1n) is 5.69. The molecule has 1 unspecified atom stereocenters. The Morgan fingerprint density at radius 2 is 2.11 bits per heavy atom. The molecule has 1 atom stereocenters. The van der Waals surface area contributed by atoms with Crippen LogP contribution >= 0.6 is 15.9 Å². The number of carboxylic acids is 1. The van der Waals surface area contributed by atoms with Gasteiger partial charge in [-0.05, 0) is 47.8 Å². The molecule has 0 spiro atoms. The van der Waals surface area contributed by atoms with E-state index < -0.39 is 5.97 Å². The van der Waals surface area contributed by atoms with Crippen molar-refractivity contribution in [3.63, 3.8) is 0 Å². The topological polar surface area (TPSA) is 66.4 Å². The average Bonchev–Trinajstić information content (AvgIpc) is 2.30. The number of rotatable bonds is 5. The summed E-state index contributed by atoms with van der Waals surface area (Å²) in [4.78, 5) is 22.4. The molecule has 0 radical (unpaired) electrons. The fraction of sp³-hybridized carbons (Fsp3) is 0.385. The van der Waals surface area contributed by atoms with Gasteiger partial charge in [0.1, 0.15) is 0 Å². The third kappa shape index (κ3) is 4.14. The van der Waals surface area contributed by atoms with Crippen molar-refractivity contribution in [2.24, 2.45) is 0 Å². The molecule has 5 heteroatoms. The van der Waals surface area contributed by atoms with Gasteiger partial charge in [-0.2, -0.15) is 0 Å². The molecular formula is C13H16BrNO3. The van der Waals surface area contributed by atoms with E-state index in [9.17, 15) is 9.59 Å². The first-order chi connectivity index (χ1) is 8.41. The van der Waals surface area contributed by atoms with Crippen molar-refractivity contribution in [1.29, 1.82) is 0 Å². The van der Waals surface area contributed by atoms with Gasteiger partial charge < -0.3 is 10.4 Å². The number of hydrogen-bond acceptors (Lipinski definition) is 2. The molecule has 0 heterocycles. The molecule has 0 aliphatic rings. The molecule has 98 valence electrons. The highest BCUT2D eigenvalue weighted by atomic mass is 79.9. The van der Waals surface area contributed by atoms with Crippen molar-refractivity contribution in [2.45, 2.75) is 32.7 Å². The van der Waals surface area contributed by atoms with E-state index in [0.29, 0.717) is 12.0 Å². The first-order valence-corrected chi connectivity index (χ1v) is 6.49. The van der Waals surface area contributed by atoms with Gasteiger partial charge in [0.15, 0.2) is 0 Å². The Labute approximate surface area is 115 Å². The van der Waals surface area contributed by atoms with Crippen molar-refractivity contribution < 1.29 is 14.7 Å². The third-order valence-electron chi connectivity index (χ3n) is 2.61. The second kappa shape index (κ2) is 6.54. The van der Waals surface area contributed by atoms with Crippen LogP contribution in [0, 0.1) is 6.92 Å². The molecule has 0 fully saturated rings. The summed E-state index contributed by atoms with van der Waals surface area (Å²) in [6.07, 6.45) is 0.473. The molecule has 0 bridgehead atoms. The molecule has 1 rings (SSSR count). The van der Waals surface area contributed by atoms with Crippen LogP contribution in [0.3, 0.4) is 0 Å². The van der Waals surface area contributed by atoms with Gasteiger partial charge in [0, 0.05) is 16.9 Å². The highest BCUT2D eigenvalue weighted by Crippen LogP contribution is 2.21. The van der Waals surface area contributed by atoms with E-state index in [-0.39, 0.29) is 18.4 Å². The Bertz CT molecular complexity index is 460. The highest BCUT2D eigenvalue weighted by Gasteiger charge is 2.14. The van der Waals surface area contributed by atoms with Crippen molar-refractivity contribution in [3.05, 3.63) is 33.8 Å². The van der Waals surface area contributed by atoms with E-state index in [0.717, 1.165) is 10.0 Å². The van der Waals surface area contributed by atoms with E-state index in [1.54, 1.807) is 13.0 Å². The van der Waals surface area contributed by atoms with Gasteiger partial charge in [-0.25, -0.2) is 0 Å². The summed E-state index contributed by atoms with van der Waals surface area (Å²) in [5.74, 6) is -1.05. The monoisotopic (exact) mass is 313 g/mol. The molecule has 0 aromatic heterocycles. The van der Waals surface area contributed by atoms with E-state index >= 15 is 0 Å². The lowest BCUT2D eigenvalue weighted by molar-refractivity contribution is -0.137. The minimum atomic E-state index is -0.854. The second-order valence-electron chi connectivity index (χ2n) is 4.24. The van der Waals surface area contributed by atoms with E-state index in [1.807, 2.05) is 19.1 Å². The third-order valence-corrected chi connectivity index (χ3v) is 3.66. The van der Waals surface area contributed by atoms with Crippen molar-refractivity contribution in [3.8, 4) is 0 Å². The minimum Gasteiger partial charge on any atom is -0.481 e. The van der Waals surface area contributed by atoms with Gasteiger partial charge in [0.2, 0.25) is 0 Å². The molecule has 0 saturated heterocycles.